The van der Waals surface area contributed by atoms with Crippen LogP contribution in [0.3, 0.4) is 0 Å². The van der Waals surface area contributed by atoms with Gasteiger partial charge in [-0.25, -0.2) is 0 Å². The van der Waals surface area contributed by atoms with Crippen LogP contribution < -0.4 is 5.32 Å². The Labute approximate surface area is 187 Å². The average Bonchev–Trinajstić information content (AvgIpc) is 2.77. The number of piperazine rings is 1. The lowest BCUT2D eigenvalue weighted by molar-refractivity contribution is -0.140. The first kappa shape index (κ1) is 24.9. The van der Waals surface area contributed by atoms with Crippen molar-refractivity contribution in [1.82, 2.24) is 15.1 Å². The quantitative estimate of drug-likeness (QED) is 0.650. The normalized spacial score (nSPS) is 18.6. The van der Waals surface area contributed by atoms with E-state index in [4.69, 9.17) is 0 Å². The summed E-state index contributed by atoms with van der Waals surface area (Å²) in [6.45, 7) is 11.5. The summed E-state index contributed by atoms with van der Waals surface area (Å²) in [6, 6.07) is 8.63. The Morgan fingerprint density at radius 2 is 1.77 bits per heavy atom. The lowest BCUT2D eigenvalue weighted by Crippen LogP contribution is -2.60. The molecular formula is C25H39N3O3. The molecule has 0 spiro atoms. The number of hydrogen-bond acceptors (Lipinski definition) is 3. The molecule has 0 bridgehead atoms. The first-order valence-electron chi connectivity index (χ1n) is 11.7. The monoisotopic (exact) mass is 429 g/mol. The Kier molecular flexibility index (Phi) is 9.53. The van der Waals surface area contributed by atoms with Crippen molar-refractivity contribution in [1.29, 1.82) is 0 Å². The van der Waals surface area contributed by atoms with Crippen LogP contribution in [0.1, 0.15) is 70.7 Å². The molecule has 1 aromatic carbocycles. The molecule has 1 fully saturated rings. The molecule has 31 heavy (non-hydrogen) atoms. The fourth-order valence-corrected chi connectivity index (χ4v) is 4.16. The highest BCUT2D eigenvalue weighted by Gasteiger charge is 2.35. The van der Waals surface area contributed by atoms with Crippen molar-refractivity contribution in [3.05, 3.63) is 35.9 Å². The SMILES string of the molecule is CCCCC(CC)C(=O)NC(C(=O)N1CCN(C(=O)c2ccccc2)C(C)C1)C(C)C. The van der Waals surface area contributed by atoms with Crippen molar-refractivity contribution in [2.24, 2.45) is 11.8 Å². The van der Waals surface area contributed by atoms with E-state index in [0.717, 1.165) is 25.7 Å². The third-order valence-corrected chi connectivity index (χ3v) is 6.22. The summed E-state index contributed by atoms with van der Waals surface area (Å²) in [5.74, 6) is -0.121. The maximum Gasteiger partial charge on any atom is 0.254 e. The second-order valence-corrected chi connectivity index (χ2v) is 8.98. The van der Waals surface area contributed by atoms with Gasteiger partial charge in [0.25, 0.3) is 5.91 Å². The van der Waals surface area contributed by atoms with Gasteiger partial charge >= 0.3 is 0 Å². The maximum atomic E-state index is 13.3. The molecule has 1 aliphatic rings. The van der Waals surface area contributed by atoms with Crippen molar-refractivity contribution < 1.29 is 14.4 Å². The molecule has 6 nitrogen and oxygen atoms in total. The van der Waals surface area contributed by atoms with Gasteiger partial charge in [0.05, 0.1) is 0 Å². The lowest BCUT2D eigenvalue weighted by atomic mass is 9.96. The number of benzene rings is 1. The summed E-state index contributed by atoms with van der Waals surface area (Å²) in [5.41, 5.74) is 0.666. The van der Waals surface area contributed by atoms with Crippen molar-refractivity contribution in [2.75, 3.05) is 19.6 Å². The molecule has 0 aromatic heterocycles. The van der Waals surface area contributed by atoms with E-state index >= 15 is 0 Å². The fourth-order valence-electron chi connectivity index (χ4n) is 4.16. The molecule has 172 valence electrons. The van der Waals surface area contributed by atoms with Crippen LogP contribution in [0.15, 0.2) is 30.3 Å². The fraction of sp³-hybridized carbons (Fsp3) is 0.640. The molecule has 3 unspecified atom stereocenters. The van der Waals surface area contributed by atoms with Crippen LogP contribution in [-0.2, 0) is 9.59 Å². The first-order valence-corrected chi connectivity index (χ1v) is 11.7. The number of nitrogens with zero attached hydrogens (tertiary/aromatic N) is 2. The third-order valence-electron chi connectivity index (χ3n) is 6.22. The number of carbonyl (C=O) groups is 3. The Balaban J connectivity index is 2.02. The van der Waals surface area contributed by atoms with E-state index in [-0.39, 0.29) is 35.6 Å². The van der Waals surface area contributed by atoms with Crippen molar-refractivity contribution in [3.63, 3.8) is 0 Å². The zero-order valence-corrected chi connectivity index (χ0v) is 19.8. The molecular weight excluding hydrogens is 390 g/mol. The van der Waals surface area contributed by atoms with Gasteiger partial charge in [-0.2, -0.15) is 0 Å². The van der Waals surface area contributed by atoms with Gasteiger partial charge < -0.3 is 15.1 Å². The predicted molar refractivity (Wildman–Crippen MR) is 124 cm³/mol. The van der Waals surface area contributed by atoms with Crippen LogP contribution in [0, 0.1) is 11.8 Å². The van der Waals surface area contributed by atoms with E-state index in [2.05, 4.69) is 12.2 Å². The number of hydrogen-bond donors (Lipinski definition) is 1. The van der Waals surface area contributed by atoms with E-state index in [1.165, 1.54) is 0 Å². The van der Waals surface area contributed by atoms with Gasteiger partial charge in [0.1, 0.15) is 6.04 Å². The topological polar surface area (TPSA) is 69.7 Å². The Bertz CT molecular complexity index is 735. The van der Waals surface area contributed by atoms with Crippen LogP contribution >= 0.6 is 0 Å². The van der Waals surface area contributed by atoms with Crippen LogP contribution in [0.5, 0.6) is 0 Å². The first-order chi connectivity index (χ1) is 14.8. The smallest absolute Gasteiger partial charge is 0.254 e. The minimum Gasteiger partial charge on any atom is -0.344 e. The van der Waals surface area contributed by atoms with Crippen molar-refractivity contribution >= 4 is 17.7 Å². The Morgan fingerprint density at radius 3 is 2.32 bits per heavy atom. The molecule has 2 rings (SSSR count). The van der Waals surface area contributed by atoms with E-state index in [9.17, 15) is 14.4 Å². The summed E-state index contributed by atoms with van der Waals surface area (Å²) >= 11 is 0. The van der Waals surface area contributed by atoms with Crippen LogP contribution in [-0.4, -0.2) is 59.2 Å². The standard InChI is InChI=1S/C25H39N3O3/c1-6-8-12-20(7-2)23(29)26-22(18(3)4)25(31)27-15-16-28(19(5)17-27)24(30)21-13-10-9-11-14-21/h9-11,13-14,18-20,22H,6-8,12,15-17H2,1-5H3,(H,26,29). The molecule has 1 N–H and O–H groups in total. The van der Waals surface area contributed by atoms with Gasteiger partial charge in [-0.15, -0.1) is 0 Å². The molecule has 1 aliphatic heterocycles. The number of rotatable bonds is 9. The highest BCUT2D eigenvalue weighted by atomic mass is 16.2. The molecule has 6 heteroatoms. The van der Waals surface area contributed by atoms with Crippen LogP contribution in [0.4, 0.5) is 0 Å². The highest BCUT2D eigenvalue weighted by Crippen LogP contribution is 2.18. The second-order valence-electron chi connectivity index (χ2n) is 8.98. The largest absolute Gasteiger partial charge is 0.344 e. The second kappa shape index (κ2) is 11.9. The third kappa shape index (κ3) is 6.55. The molecule has 0 aliphatic carbocycles. The van der Waals surface area contributed by atoms with E-state index in [0.29, 0.717) is 25.2 Å². The zero-order chi connectivity index (χ0) is 23.0. The van der Waals surface area contributed by atoms with Crippen LogP contribution in [0.2, 0.25) is 0 Å². The van der Waals surface area contributed by atoms with Crippen LogP contribution in [0.25, 0.3) is 0 Å². The van der Waals surface area contributed by atoms with E-state index in [1.807, 2.05) is 62.9 Å². The number of nitrogens with one attached hydrogen (secondary N) is 1. The van der Waals surface area contributed by atoms with Crippen molar-refractivity contribution in [2.45, 2.75) is 72.4 Å². The molecule has 3 atom stereocenters. The Hall–Kier alpha value is -2.37. The average molecular weight is 430 g/mol. The van der Waals surface area contributed by atoms with Gasteiger partial charge in [-0.1, -0.05) is 58.7 Å². The molecule has 3 amide bonds. The minimum absolute atomic E-state index is 0.000539. The number of unbranched alkanes of at least 4 members (excludes halogenated alkanes) is 1. The van der Waals surface area contributed by atoms with Gasteiger partial charge in [0.2, 0.25) is 11.8 Å². The van der Waals surface area contributed by atoms with Crippen molar-refractivity contribution in [3.8, 4) is 0 Å². The molecule has 0 saturated carbocycles. The molecule has 0 radical (unpaired) electrons. The van der Waals surface area contributed by atoms with E-state index < -0.39 is 6.04 Å². The predicted octanol–water partition coefficient (Wildman–Crippen LogP) is 3.72. The lowest BCUT2D eigenvalue weighted by Gasteiger charge is -2.41. The minimum atomic E-state index is -0.535. The summed E-state index contributed by atoms with van der Waals surface area (Å²) in [7, 11) is 0. The molecule has 1 heterocycles. The summed E-state index contributed by atoms with van der Waals surface area (Å²) < 4.78 is 0. The Morgan fingerprint density at radius 1 is 1.10 bits per heavy atom. The zero-order valence-electron chi connectivity index (χ0n) is 19.8. The summed E-state index contributed by atoms with van der Waals surface area (Å²) in [5, 5.41) is 3.04. The van der Waals surface area contributed by atoms with Gasteiger partial charge in [-0.05, 0) is 37.8 Å². The molecule has 1 saturated heterocycles. The van der Waals surface area contributed by atoms with Gasteiger partial charge in [-0.3, -0.25) is 14.4 Å². The summed E-state index contributed by atoms with van der Waals surface area (Å²) in [6.07, 6.45) is 3.71. The number of carbonyl (C=O) groups excluding carboxylic acids is 3. The summed E-state index contributed by atoms with van der Waals surface area (Å²) in [4.78, 5) is 42.6. The van der Waals surface area contributed by atoms with E-state index in [1.54, 1.807) is 4.90 Å². The highest BCUT2D eigenvalue weighted by molar-refractivity contribution is 5.94. The molecule has 1 aromatic rings. The van der Waals surface area contributed by atoms with Gasteiger partial charge in [0.15, 0.2) is 0 Å². The maximum absolute atomic E-state index is 13.3. The van der Waals surface area contributed by atoms with Gasteiger partial charge in [0, 0.05) is 37.2 Å². The number of amides is 3.